The first kappa shape index (κ1) is 20.2. The van der Waals surface area contributed by atoms with E-state index in [-0.39, 0.29) is 6.04 Å². The summed E-state index contributed by atoms with van der Waals surface area (Å²) in [5.41, 5.74) is 3.70. The minimum absolute atomic E-state index is 0.263. The van der Waals surface area contributed by atoms with Crippen LogP contribution in [0.3, 0.4) is 0 Å². The zero-order valence-corrected chi connectivity index (χ0v) is 18.8. The molecule has 6 rings (SSSR count). The van der Waals surface area contributed by atoms with Gasteiger partial charge in [-0.1, -0.05) is 72.8 Å². The van der Waals surface area contributed by atoms with Crippen molar-refractivity contribution in [1.82, 2.24) is 14.9 Å². The molecule has 2 aliphatic rings. The van der Waals surface area contributed by atoms with Gasteiger partial charge in [0.05, 0.1) is 11.6 Å². The van der Waals surface area contributed by atoms with Gasteiger partial charge in [-0.2, -0.15) is 4.98 Å². The SMILES string of the molecule is c1ccc(C(c2ccccc2)N2CCN(c3nc(NC4CC4)c4ccccc4n3)CC2)cc1. The summed E-state index contributed by atoms with van der Waals surface area (Å²) in [6.07, 6.45) is 2.46. The zero-order chi connectivity index (χ0) is 22.0. The van der Waals surface area contributed by atoms with Crippen molar-refractivity contribution in [3.8, 4) is 0 Å². The van der Waals surface area contributed by atoms with Gasteiger partial charge in [0.1, 0.15) is 5.82 Å². The molecule has 5 heteroatoms. The van der Waals surface area contributed by atoms with E-state index in [1.165, 1.54) is 24.0 Å². The Labute approximate surface area is 195 Å². The second-order valence-corrected chi connectivity index (χ2v) is 9.05. The molecule has 33 heavy (non-hydrogen) atoms. The number of piperazine rings is 1. The highest BCUT2D eigenvalue weighted by Crippen LogP contribution is 2.32. The minimum Gasteiger partial charge on any atom is -0.367 e. The lowest BCUT2D eigenvalue weighted by molar-refractivity contribution is 0.211. The molecule has 0 amide bonds. The Bertz CT molecular complexity index is 1180. The zero-order valence-electron chi connectivity index (χ0n) is 18.8. The molecule has 2 fully saturated rings. The fraction of sp³-hybridized carbons (Fsp3) is 0.286. The Balaban J connectivity index is 1.25. The molecule has 5 nitrogen and oxygen atoms in total. The van der Waals surface area contributed by atoms with Crippen molar-refractivity contribution in [3.05, 3.63) is 96.1 Å². The van der Waals surface area contributed by atoms with Crippen LogP contribution in [-0.2, 0) is 0 Å². The predicted octanol–water partition coefficient (Wildman–Crippen LogP) is 5.12. The largest absolute Gasteiger partial charge is 0.367 e. The van der Waals surface area contributed by atoms with Crippen molar-refractivity contribution in [1.29, 1.82) is 0 Å². The number of benzene rings is 3. The molecular formula is C28H29N5. The van der Waals surface area contributed by atoms with Crippen molar-refractivity contribution < 1.29 is 0 Å². The number of para-hydroxylation sites is 1. The Morgan fingerprint density at radius 2 is 1.30 bits per heavy atom. The van der Waals surface area contributed by atoms with Crippen molar-refractivity contribution in [2.45, 2.75) is 24.9 Å². The number of aromatic nitrogens is 2. The molecule has 1 aliphatic heterocycles. The van der Waals surface area contributed by atoms with Crippen LogP contribution in [0, 0.1) is 0 Å². The Morgan fingerprint density at radius 1 is 0.697 bits per heavy atom. The van der Waals surface area contributed by atoms with Crippen molar-refractivity contribution >= 4 is 22.7 Å². The van der Waals surface area contributed by atoms with Crippen LogP contribution in [0.1, 0.15) is 30.0 Å². The summed E-state index contributed by atoms with van der Waals surface area (Å²) in [4.78, 5) is 14.8. The van der Waals surface area contributed by atoms with E-state index in [4.69, 9.17) is 9.97 Å². The molecule has 1 saturated heterocycles. The lowest BCUT2D eigenvalue weighted by atomic mass is 9.96. The van der Waals surface area contributed by atoms with Crippen LogP contribution in [0.5, 0.6) is 0 Å². The summed E-state index contributed by atoms with van der Waals surface area (Å²) in [7, 11) is 0. The van der Waals surface area contributed by atoms with Gasteiger partial charge in [-0.15, -0.1) is 0 Å². The van der Waals surface area contributed by atoms with Crippen molar-refractivity contribution in [3.63, 3.8) is 0 Å². The minimum atomic E-state index is 0.263. The highest BCUT2D eigenvalue weighted by atomic mass is 15.3. The second kappa shape index (κ2) is 8.83. The number of hydrogen-bond donors (Lipinski definition) is 1. The van der Waals surface area contributed by atoms with Gasteiger partial charge in [0, 0.05) is 37.6 Å². The van der Waals surface area contributed by atoms with E-state index in [0.717, 1.165) is 48.8 Å². The first-order valence-electron chi connectivity index (χ1n) is 12.0. The molecule has 3 aromatic carbocycles. The number of anilines is 2. The number of hydrogen-bond acceptors (Lipinski definition) is 5. The quantitative estimate of drug-likeness (QED) is 0.456. The van der Waals surface area contributed by atoms with Crippen LogP contribution in [0.25, 0.3) is 10.9 Å². The van der Waals surface area contributed by atoms with Gasteiger partial charge in [-0.05, 0) is 36.1 Å². The maximum Gasteiger partial charge on any atom is 0.227 e. The van der Waals surface area contributed by atoms with Gasteiger partial charge in [0.2, 0.25) is 5.95 Å². The maximum atomic E-state index is 4.98. The summed E-state index contributed by atoms with van der Waals surface area (Å²) in [5, 5.41) is 4.73. The first-order chi connectivity index (χ1) is 16.3. The third-order valence-electron chi connectivity index (χ3n) is 6.70. The summed E-state index contributed by atoms with van der Waals surface area (Å²) in [6.45, 7) is 3.76. The molecule has 0 unspecified atom stereocenters. The fourth-order valence-corrected chi connectivity index (χ4v) is 4.80. The third kappa shape index (κ3) is 4.29. The molecule has 0 bridgehead atoms. The molecule has 0 radical (unpaired) electrons. The van der Waals surface area contributed by atoms with E-state index in [9.17, 15) is 0 Å². The van der Waals surface area contributed by atoms with E-state index in [1.807, 2.05) is 0 Å². The third-order valence-corrected chi connectivity index (χ3v) is 6.70. The lowest BCUT2D eigenvalue weighted by Crippen LogP contribution is -2.48. The summed E-state index contributed by atoms with van der Waals surface area (Å²) >= 11 is 0. The Morgan fingerprint density at radius 3 is 1.94 bits per heavy atom. The Kier molecular flexibility index (Phi) is 5.40. The molecule has 1 aliphatic carbocycles. The Hall–Kier alpha value is -3.44. The van der Waals surface area contributed by atoms with E-state index in [2.05, 4.69) is 100 Å². The van der Waals surface area contributed by atoms with Crippen LogP contribution in [-0.4, -0.2) is 47.1 Å². The van der Waals surface area contributed by atoms with Gasteiger partial charge in [0.15, 0.2) is 0 Å². The number of nitrogens with zero attached hydrogens (tertiary/aromatic N) is 4. The van der Waals surface area contributed by atoms with Gasteiger partial charge < -0.3 is 10.2 Å². The van der Waals surface area contributed by atoms with Crippen LogP contribution in [0.4, 0.5) is 11.8 Å². The standard InChI is InChI=1S/C28H29N5/c1-3-9-21(10-4-1)26(22-11-5-2-6-12-22)32-17-19-33(20-18-32)28-30-25-14-8-7-13-24(25)27(31-28)29-23-15-16-23/h1-14,23,26H,15-20H2,(H,29,30,31). The van der Waals surface area contributed by atoms with Crippen LogP contribution < -0.4 is 10.2 Å². The molecule has 2 heterocycles. The molecule has 4 aromatic rings. The number of fused-ring (bicyclic) bond motifs is 1. The molecule has 1 saturated carbocycles. The fourth-order valence-electron chi connectivity index (χ4n) is 4.80. The van der Waals surface area contributed by atoms with E-state index in [1.54, 1.807) is 0 Å². The monoisotopic (exact) mass is 435 g/mol. The highest BCUT2D eigenvalue weighted by molar-refractivity contribution is 5.90. The van der Waals surface area contributed by atoms with Crippen LogP contribution >= 0.6 is 0 Å². The summed E-state index contributed by atoms with van der Waals surface area (Å²) in [6, 6.07) is 30.9. The first-order valence-corrected chi connectivity index (χ1v) is 12.0. The van der Waals surface area contributed by atoms with Crippen molar-refractivity contribution in [2.75, 3.05) is 36.4 Å². The number of rotatable bonds is 6. The lowest BCUT2D eigenvalue weighted by Gasteiger charge is -2.40. The van der Waals surface area contributed by atoms with Crippen LogP contribution in [0.2, 0.25) is 0 Å². The van der Waals surface area contributed by atoms with Gasteiger partial charge in [-0.25, -0.2) is 4.98 Å². The summed E-state index contributed by atoms with van der Waals surface area (Å²) < 4.78 is 0. The molecule has 1 aromatic heterocycles. The topological polar surface area (TPSA) is 44.3 Å². The highest BCUT2D eigenvalue weighted by Gasteiger charge is 2.28. The molecule has 1 N–H and O–H groups in total. The van der Waals surface area contributed by atoms with E-state index in [0.29, 0.717) is 6.04 Å². The summed E-state index contributed by atoms with van der Waals surface area (Å²) in [5.74, 6) is 1.82. The van der Waals surface area contributed by atoms with Gasteiger partial charge >= 0.3 is 0 Å². The second-order valence-electron chi connectivity index (χ2n) is 9.05. The molecule has 0 atom stereocenters. The number of nitrogens with one attached hydrogen (secondary N) is 1. The normalized spacial score (nSPS) is 16.9. The molecule has 166 valence electrons. The van der Waals surface area contributed by atoms with E-state index < -0.39 is 0 Å². The van der Waals surface area contributed by atoms with Gasteiger partial charge in [-0.3, -0.25) is 4.90 Å². The predicted molar refractivity (Wildman–Crippen MR) is 135 cm³/mol. The molecular weight excluding hydrogens is 406 g/mol. The molecule has 0 spiro atoms. The maximum absolute atomic E-state index is 4.98. The van der Waals surface area contributed by atoms with E-state index >= 15 is 0 Å². The smallest absolute Gasteiger partial charge is 0.227 e. The van der Waals surface area contributed by atoms with Gasteiger partial charge in [0.25, 0.3) is 0 Å². The average Bonchev–Trinajstić information content (AvgIpc) is 3.70. The van der Waals surface area contributed by atoms with Crippen LogP contribution in [0.15, 0.2) is 84.9 Å². The average molecular weight is 436 g/mol. The van der Waals surface area contributed by atoms with Crippen molar-refractivity contribution in [2.24, 2.45) is 0 Å².